The minimum Gasteiger partial charge on any atom is -0.250 e. The molecule has 2 aromatic carbocycles. The number of benzene rings is 2. The van der Waals surface area contributed by atoms with Crippen molar-refractivity contribution < 1.29 is 26.3 Å². The molecular formula is C24H19F6N3O. The van der Waals surface area contributed by atoms with Gasteiger partial charge in [-0.25, -0.2) is 13.9 Å². The average Bonchev–Trinajstić information content (AvgIpc) is 3.07. The zero-order chi connectivity index (χ0) is 24.8. The fourth-order valence-electron chi connectivity index (χ4n) is 3.73. The molecule has 0 aliphatic heterocycles. The Balaban J connectivity index is 1.96. The average molecular weight is 479 g/mol. The predicted molar refractivity (Wildman–Crippen MR) is 115 cm³/mol. The SMILES string of the molecule is CC(C)Cn1nc2c(-c3ccc(C(F)(F)F)cc3)c(-c3ccc(C(F)(F)F)cc3)ccn2c1=O. The van der Waals surface area contributed by atoms with Crippen molar-refractivity contribution >= 4 is 5.65 Å². The van der Waals surface area contributed by atoms with Gasteiger partial charge < -0.3 is 0 Å². The summed E-state index contributed by atoms with van der Waals surface area (Å²) in [5.74, 6) is 0.103. The summed E-state index contributed by atoms with van der Waals surface area (Å²) in [5.41, 5.74) is -0.379. The Labute approximate surface area is 190 Å². The first-order valence-electron chi connectivity index (χ1n) is 10.3. The molecule has 0 unspecified atom stereocenters. The largest absolute Gasteiger partial charge is 0.416 e. The summed E-state index contributed by atoms with van der Waals surface area (Å²) in [6.07, 6.45) is -7.58. The molecule has 4 nitrogen and oxygen atoms in total. The molecule has 0 N–H and O–H groups in total. The number of fused-ring (bicyclic) bond motifs is 1. The van der Waals surface area contributed by atoms with Crippen LogP contribution in [0.1, 0.15) is 25.0 Å². The normalized spacial score (nSPS) is 12.6. The van der Waals surface area contributed by atoms with Crippen molar-refractivity contribution in [3.63, 3.8) is 0 Å². The number of hydrogen-bond acceptors (Lipinski definition) is 2. The molecule has 0 bridgehead atoms. The first-order valence-corrected chi connectivity index (χ1v) is 10.3. The van der Waals surface area contributed by atoms with Crippen LogP contribution in [0.4, 0.5) is 26.3 Å². The summed E-state index contributed by atoms with van der Waals surface area (Å²) in [5, 5.41) is 4.41. The Morgan fingerprint density at radius 1 is 0.794 bits per heavy atom. The fourth-order valence-corrected chi connectivity index (χ4v) is 3.73. The second-order valence-corrected chi connectivity index (χ2v) is 8.31. The Morgan fingerprint density at radius 2 is 1.29 bits per heavy atom. The Kier molecular flexibility index (Phi) is 5.79. The smallest absolute Gasteiger partial charge is 0.250 e. The van der Waals surface area contributed by atoms with Crippen molar-refractivity contribution in [1.82, 2.24) is 14.2 Å². The van der Waals surface area contributed by atoms with E-state index >= 15 is 0 Å². The quantitative estimate of drug-likeness (QED) is 0.313. The van der Waals surface area contributed by atoms with Crippen molar-refractivity contribution in [3.05, 3.63) is 82.4 Å². The lowest BCUT2D eigenvalue weighted by atomic mass is 9.94. The highest BCUT2D eigenvalue weighted by atomic mass is 19.4. The van der Waals surface area contributed by atoms with E-state index < -0.39 is 29.2 Å². The van der Waals surface area contributed by atoms with Gasteiger partial charge in [0.15, 0.2) is 5.65 Å². The molecule has 0 fully saturated rings. The van der Waals surface area contributed by atoms with Crippen LogP contribution in [0.15, 0.2) is 65.6 Å². The monoisotopic (exact) mass is 479 g/mol. The summed E-state index contributed by atoms with van der Waals surface area (Å²) >= 11 is 0. The molecule has 0 atom stereocenters. The van der Waals surface area contributed by atoms with Gasteiger partial charge in [-0.05, 0) is 52.9 Å². The minimum atomic E-state index is -4.53. The molecule has 0 spiro atoms. The van der Waals surface area contributed by atoms with Crippen molar-refractivity contribution in [1.29, 1.82) is 0 Å². The molecule has 0 amide bonds. The summed E-state index contributed by atoms with van der Waals surface area (Å²) < 4.78 is 80.8. The fraction of sp³-hybridized carbons (Fsp3) is 0.250. The van der Waals surface area contributed by atoms with Crippen LogP contribution in [0.2, 0.25) is 0 Å². The van der Waals surface area contributed by atoms with Gasteiger partial charge in [0.25, 0.3) is 0 Å². The lowest BCUT2D eigenvalue weighted by Gasteiger charge is -2.14. The van der Waals surface area contributed by atoms with Crippen LogP contribution in [-0.4, -0.2) is 14.2 Å². The van der Waals surface area contributed by atoms with Crippen LogP contribution in [0.5, 0.6) is 0 Å². The third kappa shape index (κ3) is 4.44. The van der Waals surface area contributed by atoms with Gasteiger partial charge in [-0.3, -0.25) is 0 Å². The van der Waals surface area contributed by atoms with E-state index in [1.54, 1.807) is 6.07 Å². The molecule has 0 saturated carbocycles. The van der Waals surface area contributed by atoms with E-state index in [4.69, 9.17) is 0 Å². The highest BCUT2D eigenvalue weighted by Gasteiger charge is 2.31. The zero-order valence-corrected chi connectivity index (χ0v) is 18.1. The van der Waals surface area contributed by atoms with Crippen LogP contribution < -0.4 is 5.69 Å². The minimum absolute atomic E-state index is 0.103. The summed E-state index contributed by atoms with van der Waals surface area (Å²) in [4.78, 5) is 12.8. The first kappa shape index (κ1) is 23.6. The van der Waals surface area contributed by atoms with E-state index in [9.17, 15) is 31.1 Å². The maximum Gasteiger partial charge on any atom is 0.416 e. The predicted octanol–water partition coefficient (Wildman–Crippen LogP) is 6.52. The van der Waals surface area contributed by atoms with Crippen LogP contribution in [0, 0.1) is 5.92 Å². The number of nitrogens with zero attached hydrogens (tertiary/aromatic N) is 3. The number of halogens is 6. The third-order valence-corrected chi connectivity index (χ3v) is 5.32. The zero-order valence-electron chi connectivity index (χ0n) is 18.1. The summed E-state index contributed by atoms with van der Waals surface area (Å²) in [6, 6.07) is 10.3. The lowest BCUT2D eigenvalue weighted by molar-refractivity contribution is -0.138. The van der Waals surface area contributed by atoms with Crippen LogP contribution in [0.25, 0.3) is 27.9 Å². The van der Waals surface area contributed by atoms with E-state index in [2.05, 4.69) is 5.10 Å². The van der Waals surface area contributed by atoms with Gasteiger partial charge in [-0.2, -0.15) is 26.3 Å². The van der Waals surface area contributed by atoms with E-state index in [0.29, 0.717) is 28.8 Å². The summed E-state index contributed by atoms with van der Waals surface area (Å²) in [7, 11) is 0. The van der Waals surface area contributed by atoms with Gasteiger partial charge >= 0.3 is 18.0 Å². The third-order valence-electron chi connectivity index (χ3n) is 5.32. The molecular weight excluding hydrogens is 460 g/mol. The second kappa shape index (κ2) is 8.34. The number of hydrogen-bond donors (Lipinski definition) is 0. The van der Waals surface area contributed by atoms with Gasteiger partial charge in [0.2, 0.25) is 0 Å². The molecule has 4 aromatic rings. The molecule has 2 aromatic heterocycles. The molecule has 0 aliphatic rings. The molecule has 0 radical (unpaired) electrons. The summed E-state index contributed by atoms with van der Waals surface area (Å²) in [6.45, 7) is 4.13. The number of alkyl halides is 6. The van der Waals surface area contributed by atoms with Crippen LogP contribution in [0.3, 0.4) is 0 Å². The number of pyridine rings is 1. The highest BCUT2D eigenvalue weighted by molar-refractivity contribution is 5.91. The van der Waals surface area contributed by atoms with E-state index in [1.807, 2.05) is 13.8 Å². The van der Waals surface area contributed by atoms with Crippen LogP contribution in [-0.2, 0) is 18.9 Å². The topological polar surface area (TPSA) is 39.3 Å². The maximum absolute atomic E-state index is 13.1. The molecule has 178 valence electrons. The van der Waals surface area contributed by atoms with Crippen LogP contribution >= 0.6 is 0 Å². The Bertz CT molecular complexity index is 1380. The molecule has 34 heavy (non-hydrogen) atoms. The van der Waals surface area contributed by atoms with E-state index in [-0.39, 0.29) is 11.6 Å². The van der Waals surface area contributed by atoms with Gasteiger partial charge in [0, 0.05) is 18.3 Å². The van der Waals surface area contributed by atoms with Crippen molar-refractivity contribution in [3.8, 4) is 22.3 Å². The van der Waals surface area contributed by atoms with E-state index in [0.717, 1.165) is 24.3 Å². The molecule has 0 saturated heterocycles. The van der Waals surface area contributed by atoms with Gasteiger partial charge in [0.05, 0.1) is 11.1 Å². The van der Waals surface area contributed by atoms with Gasteiger partial charge in [-0.1, -0.05) is 38.1 Å². The molecule has 0 aliphatic carbocycles. The van der Waals surface area contributed by atoms with E-state index in [1.165, 1.54) is 39.5 Å². The number of rotatable bonds is 4. The van der Waals surface area contributed by atoms with Gasteiger partial charge in [-0.15, -0.1) is 5.10 Å². The van der Waals surface area contributed by atoms with Crippen molar-refractivity contribution in [2.45, 2.75) is 32.7 Å². The number of aromatic nitrogens is 3. The molecule has 2 heterocycles. The maximum atomic E-state index is 13.1. The highest BCUT2D eigenvalue weighted by Crippen LogP contribution is 2.38. The van der Waals surface area contributed by atoms with Crippen molar-refractivity contribution in [2.75, 3.05) is 0 Å². The van der Waals surface area contributed by atoms with Gasteiger partial charge in [0.1, 0.15) is 0 Å². The Hall–Kier alpha value is -3.56. The first-order chi connectivity index (χ1) is 15.9. The second-order valence-electron chi connectivity index (χ2n) is 8.31. The van der Waals surface area contributed by atoms with Crippen molar-refractivity contribution in [2.24, 2.45) is 5.92 Å². The lowest BCUT2D eigenvalue weighted by Crippen LogP contribution is -2.23. The molecule has 10 heteroatoms. The Morgan fingerprint density at radius 3 is 1.76 bits per heavy atom. The molecule has 4 rings (SSSR count). The standard InChI is InChI=1S/C24H19F6N3O/c1-14(2)13-33-22(34)32-12-11-19(15-3-7-17(8-4-15)23(25,26)27)20(21(32)31-33)16-5-9-18(10-6-16)24(28,29)30/h3-12,14H,13H2,1-2H3.